The molecule has 0 fully saturated rings. The van der Waals surface area contributed by atoms with Crippen LogP contribution in [0.4, 0.5) is 0 Å². The van der Waals surface area contributed by atoms with E-state index < -0.39 is 17.9 Å². The maximum atomic E-state index is 12.5. The number of aromatic nitrogens is 3. The van der Waals surface area contributed by atoms with Gasteiger partial charge in [0.2, 0.25) is 0 Å². The Morgan fingerprint density at radius 1 is 1.36 bits per heavy atom. The van der Waals surface area contributed by atoms with Gasteiger partial charge in [0, 0.05) is 5.02 Å². The van der Waals surface area contributed by atoms with E-state index in [0.29, 0.717) is 16.4 Å². The number of nitrogens with zero attached hydrogens (tertiary/aromatic N) is 3. The molecule has 134 valence electrons. The minimum atomic E-state index is -0.747. The molecule has 0 aliphatic rings. The van der Waals surface area contributed by atoms with Gasteiger partial charge in [0.1, 0.15) is 6.04 Å². The summed E-state index contributed by atoms with van der Waals surface area (Å²) in [5, 5.41) is 11.2. The van der Waals surface area contributed by atoms with Gasteiger partial charge in [-0.1, -0.05) is 36.7 Å². The lowest BCUT2D eigenvalue weighted by atomic mass is 10.0. The van der Waals surface area contributed by atoms with E-state index >= 15 is 0 Å². The normalized spacial score (nSPS) is 12.1. The Balaban J connectivity index is 2.24. The van der Waals surface area contributed by atoms with Crippen LogP contribution in [0.3, 0.4) is 0 Å². The molecular formula is C17H21ClN4O3. The quantitative estimate of drug-likeness (QED) is 0.796. The van der Waals surface area contributed by atoms with Crippen molar-refractivity contribution < 1.29 is 14.3 Å². The van der Waals surface area contributed by atoms with Crippen LogP contribution >= 0.6 is 11.6 Å². The first-order valence-corrected chi connectivity index (χ1v) is 8.38. The number of rotatable bonds is 6. The van der Waals surface area contributed by atoms with E-state index in [-0.39, 0.29) is 18.2 Å². The molecule has 0 saturated heterocycles. The molecule has 2 aromatic rings. The fourth-order valence-electron chi connectivity index (χ4n) is 2.33. The van der Waals surface area contributed by atoms with Crippen molar-refractivity contribution >= 4 is 23.5 Å². The molecule has 0 aliphatic heterocycles. The van der Waals surface area contributed by atoms with Crippen molar-refractivity contribution in [1.29, 1.82) is 0 Å². The fraction of sp³-hybridized carbons (Fsp3) is 0.412. The molecule has 0 radical (unpaired) electrons. The minimum Gasteiger partial charge on any atom is -0.464 e. The molecule has 0 bridgehead atoms. The van der Waals surface area contributed by atoms with Crippen LogP contribution in [-0.4, -0.2) is 39.5 Å². The second-order valence-electron chi connectivity index (χ2n) is 5.86. The second-order valence-corrected chi connectivity index (χ2v) is 6.30. The highest BCUT2D eigenvalue weighted by Crippen LogP contribution is 2.17. The summed E-state index contributed by atoms with van der Waals surface area (Å²) in [6.45, 7) is 7.36. The van der Waals surface area contributed by atoms with Gasteiger partial charge in [-0.05, 0) is 38.0 Å². The van der Waals surface area contributed by atoms with Crippen molar-refractivity contribution in [3.8, 4) is 5.69 Å². The Labute approximate surface area is 151 Å². The average Bonchev–Trinajstić information content (AvgIpc) is 2.94. The maximum absolute atomic E-state index is 12.5. The van der Waals surface area contributed by atoms with E-state index in [0.717, 1.165) is 0 Å². The zero-order chi connectivity index (χ0) is 18.6. The number of carbonyl (C=O) groups excluding carboxylic acids is 2. The summed E-state index contributed by atoms with van der Waals surface area (Å²) in [4.78, 5) is 24.5. The first kappa shape index (κ1) is 18.9. The van der Waals surface area contributed by atoms with Crippen LogP contribution < -0.4 is 5.32 Å². The highest BCUT2D eigenvalue weighted by molar-refractivity contribution is 6.30. The number of ether oxygens (including phenoxy) is 1. The summed E-state index contributed by atoms with van der Waals surface area (Å²) in [6.07, 6.45) is 0. The van der Waals surface area contributed by atoms with Crippen LogP contribution in [0.2, 0.25) is 5.02 Å². The number of hydrogen-bond donors (Lipinski definition) is 1. The summed E-state index contributed by atoms with van der Waals surface area (Å²) >= 11 is 5.99. The van der Waals surface area contributed by atoms with Gasteiger partial charge in [-0.2, -0.15) is 0 Å². The van der Waals surface area contributed by atoms with E-state index in [1.807, 2.05) is 19.9 Å². The minimum absolute atomic E-state index is 0.119. The molecule has 1 heterocycles. The Hall–Kier alpha value is -2.41. The first-order chi connectivity index (χ1) is 11.8. The molecule has 25 heavy (non-hydrogen) atoms. The number of hydrogen-bond acceptors (Lipinski definition) is 5. The Bertz CT molecular complexity index is 773. The molecule has 8 heteroatoms. The molecule has 1 aromatic heterocycles. The van der Waals surface area contributed by atoms with Crippen molar-refractivity contribution in [1.82, 2.24) is 20.3 Å². The molecule has 0 spiro atoms. The van der Waals surface area contributed by atoms with Crippen LogP contribution in [0.15, 0.2) is 24.3 Å². The molecular weight excluding hydrogens is 344 g/mol. The van der Waals surface area contributed by atoms with Gasteiger partial charge in [0.25, 0.3) is 5.91 Å². The molecule has 1 amide bonds. The van der Waals surface area contributed by atoms with Gasteiger partial charge in [-0.25, -0.2) is 9.48 Å². The lowest BCUT2D eigenvalue weighted by molar-refractivity contribution is -0.146. The summed E-state index contributed by atoms with van der Waals surface area (Å²) in [7, 11) is 0. The lowest BCUT2D eigenvalue weighted by Crippen LogP contribution is -2.45. The monoisotopic (exact) mass is 364 g/mol. The summed E-state index contributed by atoms with van der Waals surface area (Å²) in [5.41, 5.74) is 1.39. The lowest BCUT2D eigenvalue weighted by Gasteiger charge is -2.20. The molecule has 2 rings (SSSR count). The van der Waals surface area contributed by atoms with Gasteiger partial charge in [-0.15, -0.1) is 5.10 Å². The van der Waals surface area contributed by atoms with E-state index in [1.54, 1.807) is 32.0 Å². The van der Waals surface area contributed by atoms with E-state index in [9.17, 15) is 9.59 Å². The van der Waals surface area contributed by atoms with E-state index in [4.69, 9.17) is 16.3 Å². The number of benzene rings is 1. The maximum Gasteiger partial charge on any atom is 0.328 e. The Kier molecular flexibility index (Phi) is 6.14. The molecule has 1 N–H and O–H groups in total. The smallest absolute Gasteiger partial charge is 0.328 e. The van der Waals surface area contributed by atoms with Crippen LogP contribution in [0, 0.1) is 12.8 Å². The van der Waals surface area contributed by atoms with Crippen molar-refractivity contribution in [2.75, 3.05) is 6.61 Å². The standard InChI is InChI=1S/C17H21ClN4O3/c1-5-25-17(24)14(10(2)3)19-16(23)15-11(4)22(21-20-15)13-8-6-7-12(18)9-13/h6-10,14H,5H2,1-4H3,(H,19,23)/t14-/m0/s1. The first-order valence-electron chi connectivity index (χ1n) is 8.00. The van der Waals surface area contributed by atoms with Crippen molar-refractivity contribution in [3.63, 3.8) is 0 Å². The van der Waals surface area contributed by atoms with Gasteiger partial charge < -0.3 is 10.1 Å². The molecule has 1 atom stereocenters. The number of halogens is 1. The third-order valence-electron chi connectivity index (χ3n) is 3.66. The van der Waals surface area contributed by atoms with E-state index in [1.165, 1.54) is 4.68 Å². The number of carbonyl (C=O) groups is 2. The summed E-state index contributed by atoms with van der Waals surface area (Å²) in [5.74, 6) is -1.06. The van der Waals surface area contributed by atoms with Crippen molar-refractivity contribution in [2.24, 2.45) is 5.92 Å². The Morgan fingerprint density at radius 3 is 2.68 bits per heavy atom. The average molecular weight is 365 g/mol. The molecule has 0 unspecified atom stereocenters. The molecule has 0 saturated carbocycles. The highest BCUT2D eigenvalue weighted by atomic mass is 35.5. The van der Waals surface area contributed by atoms with Gasteiger partial charge in [0.15, 0.2) is 5.69 Å². The SMILES string of the molecule is CCOC(=O)[C@@H](NC(=O)c1nnn(-c2cccc(Cl)c2)c1C)C(C)C. The Morgan fingerprint density at radius 2 is 2.08 bits per heavy atom. The molecule has 7 nitrogen and oxygen atoms in total. The third-order valence-corrected chi connectivity index (χ3v) is 3.89. The van der Waals surface area contributed by atoms with Gasteiger partial charge in [0.05, 0.1) is 18.0 Å². The second kappa shape index (κ2) is 8.11. The summed E-state index contributed by atoms with van der Waals surface area (Å²) < 4.78 is 6.53. The van der Waals surface area contributed by atoms with Crippen LogP contribution in [0.25, 0.3) is 5.69 Å². The van der Waals surface area contributed by atoms with Gasteiger partial charge in [-0.3, -0.25) is 4.79 Å². The topological polar surface area (TPSA) is 86.1 Å². The predicted octanol–water partition coefficient (Wildman–Crippen LogP) is 2.55. The molecule has 0 aliphatic carbocycles. The van der Waals surface area contributed by atoms with Crippen LogP contribution in [0.5, 0.6) is 0 Å². The van der Waals surface area contributed by atoms with E-state index in [2.05, 4.69) is 15.6 Å². The highest BCUT2D eigenvalue weighted by Gasteiger charge is 2.28. The molecule has 1 aromatic carbocycles. The fourth-order valence-corrected chi connectivity index (χ4v) is 2.52. The van der Waals surface area contributed by atoms with Crippen LogP contribution in [-0.2, 0) is 9.53 Å². The zero-order valence-electron chi connectivity index (χ0n) is 14.6. The number of nitrogens with one attached hydrogen (secondary N) is 1. The van der Waals surface area contributed by atoms with Crippen molar-refractivity contribution in [3.05, 3.63) is 40.7 Å². The predicted molar refractivity (Wildman–Crippen MR) is 93.8 cm³/mol. The van der Waals surface area contributed by atoms with Gasteiger partial charge >= 0.3 is 5.97 Å². The van der Waals surface area contributed by atoms with Crippen LogP contribution in [0.1, 0.15) is 37.0 Å². The number of amides is 1. The number of esters is 1. The van der Waals surface area contributed by atoms with Crippen molar-refractivity contribution in [2.45, 2.75) is 33.7 Å². The zero-order valence-corrected chi connectivity index (χ0v) is 15.4. The summed E-state index contributed by atoms with van der Waals surface area (Å²) in [6, 6.07) is 6.32. The largest absolute Gasteiger partial charge is 0.464 e. The third kappa shape index (κ3) is 4.36.